The van der Waals surface area contributed by atoms with Gasteiger partial charge in [-0.15, -0.1) is 0 Å². The van der Waals surface area contributed by atoms with Gasteiger partial charge in [-0.25, -0.2) is 4.90 Å². The Morgan fingerprint density at radius 2 is 1.79 bits per heavy atom. The second-order valence-electron chi connectivity index (χ2n) is 7.60. The lowest BCUT2D eigenvalue weighted by Crippen LogP contribution is -2.45. The van der Waals surface area contributed by atoms with E-state index in [1.165, 1.54) is 23.1 Å². The van der Waals surface area contributed by atoms with Crippen LogP contribution in [0.25, 0.3) is 0 Å². The number of nitrogens with zero attached hydrogens (tertiary/aromatic N) is 3. The molecule has 3 aromatic rings. The Labute approximate surface area is 213 Å². The van der Waals surface area contributed by atoms with E-state index in [1.54, 1.807) is 48.5 Å². The quantitative estimate of drug-likeness (QED) is 0.178. The molecule has 0 saturated carbocycles. The molecule has 10 heteroatoms. The molecule has 0 bridgehead atoms. The predicted molar refractivity (Wildman–Crippen MR) is 134 cm³/mol. The van der Waals surface area contributed by atoms with E-state index in [2.05, 4.69) is 22.6 Å². The van der Waals surface area contributed by atoms with Crippen LogP contribution in [0.5, 0.6) is 0 Å². The van der Waals surface area contributed by atoms with E-state index in [0.717, 1.165) is 14.5 Å². The summed E-state index contributed by atoms with van der Waals surface area (Å²) in [5.41, 5.74) is 0.779. The van der Waals surface area contributed by atoms with Crippen molar-refractivity contribution in [2.45, 2.75) is 19.0 Å². The van der Waals surface area contributed by atoms with Gasteiger partial charge in [0.2, 0.25) is 5.91 Å². The van der Waals surface area contributed by atoms with Gasteiger partial charge in [0.05, 0.1) is 17.0 Å². The van der Waals surface area contributed by atoms with Crippen LogP contribution in [-0.4, -0.2) is 33.6 Å². The molecule has 34 heavy (non-hydrogen) atoms. The number of benzene rings is 3. The van der Waals surface area contributed by atoms with Crippen LogP contribution in [0.4, 0.5) is 11.4 Å². The smallest absolute Gasteiger partial charge is 0.270 e. The highest BCUT2D eigenvalue weighted by atomic mass is 127. The van der Waals surface area contributed by atoms with Crippen LogP contribution in [0, 0.1) is 13.7 Å². The summed E-state index contributed by atoms with van der Waals surface area (Å²) in [6.07, 6.45) is -0.212. The van der Waals surface area contributed by atoms with Crippen molar-refractivity contribution in [3.63, 3.8) is 0 Å². The van der Waals surface area contributed by atoms with E-state index >= 15 is 0 Å². The fraction of sp³-hybridized carbons (Fsp3) is 0.125. The Morgan fingerprint density at radius 1 is 1.09 bits per heavy atom. The molecule has 1 aliphatic heterocycles. The van der Waals surface area contributed by atoms with E-state index in [4.69, 9.17) is 11.6 Å². The summed E-state index contributed by atoms with van der Waals surface area (Å²) in [7, 11) is 0. The minimum absolute atomic E-state index is 0.0363. The van der Waals surface area contributed by atoms with E-state index in [1.807, 2.05) is 0 Å². The van der Waals surface area contributed by atoms with Gasteiger partial charge in [0, 0.05) is 32.8 Å². The van der Waals surface area contributed by atoms with Gasteiger partial charge in [0.25, 0.3) is 17.5 Å². The van der Waals surface area contributed by atoms with Gasteiger partial charge >= 0.3 is 0 Å². The molecular weight excluding hydrogens is 573 g/mol. The van der Waals surface area contributed by atoms with Gasteiger partial charge in [0.15, 0.2) is 0 Å². The van der Waals surface area contributed by atoms with Crippen LogP contribution in [-0.2, 0) is 16.1 Å². The third kappa shape index (κ3) is 4.80. The minimum atomic E-state index is -1.09. The average molecular weight is 590 g/mol. The number of hydrogen-bond acceptors (Lipinski definition) is 5. The number of carbonyl (C=O) groups is 3. The van der Waals surface area contributed by atoms with Gasteiger partial charge in [-0.05, 0) is 64.6 Å². The van der Waals surface area contributed by atoms with Crippen LogP contribution in [0.3, 0.4) is 0 Å². The largest absolute Gasteiger partial charge is 0.322 e. The number of anilines is 1. The molecule has 172 valence electrons. The maximum Gasteiger partial charge on any atom is 0.270 e. The first kappa shape index (κ1) is 23.8. The summed E-state index contributed by atoms with van der Waals surface area (Å²) in [5.74, 6) is -1.59. The maximum atomic E-state index is 13.5. The van der Waals surface area contributed by atoms with Crippen LogP contribution < -0.4 is 4.90 Å². The molecule has 1 aliphatic rings. The zero-order chi connectivity index (χ0) is 24.4. The molecule has 1 fully saturated rings. The lowest BCUT2D eigenvalue weighted by molar-refractivity contribution is -0.384. The Morgan fingerprint density at radius 3 is 2.47 bits per heavy atom. The van der Waals surface area contributed by atoms with Crippen molar-refractivity contribution in [1.29, 1.82) is 0 Å². The number of non-ortho nitro benzene ring substituents is 1. The Bertz CT molecular complexity index is 1300. The number of rotatable bonds is 6. The summed E-state index contributed by atoms with van der Waals surface area (Å²) in [5, 5.41) is 11.6. The lowest BCUT2D eigenvalue weighted by Gasteiger charge is -2.28. The van der Waals surface area contributed by atoms with Gasteiger partial charge in [-0.2, -0.15) is 0 Å². The number of hydrogen-bond donors (Lipinski definition) is 0. The first-order valence-electron chi connectivity index (χ1n) is 10.2. The van der Waals surface area contributed by atoms with Crippen LogP contribution >= 0.6 is 34.2 Å². The molecular formula is C24H17ClIN3O5. The molecule has 1 atom stereocenters. The highest BCUT2D eigenvalue weighted by molar-refractivity contribution is 14.1. The highest BCUT2D eigenvalue weighted by Gasteiger charge is 2.44. The van der Waals surface area contributed by atoms with Crippen LogP contribution in [0.1, 0.15) is 22.3 Å². The van der Waals surface area contributed by atoms with E-state index in [-0.39, 0.29) is 24.2 Å². The molecule has 0 radical (unpaired) electrons. The van der Waals surface area contributed by atoms with Crippen molar-refractivity contribution in [2.24, 2.45) is 0 Å². The highest BCUT2D eigenvalue weighted by Crippen LogP contribution is 2.30. The van der Waals surface area contributed by atoms with Crippen LogP contribution in [0.2, 0.25) is 5.02 Å². The molecule has 0 N–H and O–H groups in total. The Kier molecular flexibility index (Phi) is 6.94. The van der Waals surface area contributed by atoms with Gasteiger partial charge in [-0.3, -0.25) is 24.5 Å². The number of nitro groups is 1. The molecule has 0 aromatic heterocycles. The molecule has 8 nitrogen and oxygen atoms in total. The second-order valence-corrected chi connectivity index (χ2v) is 9.25. The summed E-state index contributed by atoms with van der Waals surface area (Å²) in [4.78, 5) is 52.7. The molecule has 1 saturated heterocycles. The minimum Gasteiger partial charge on any atom is -0.322 e. The number of amides is 3. The number of carbonyl (C=O) groups excluding carboxylic acids is 3. The molecule has 0 spiro atoms. The summed E-state index contributed by atoms with van der Waals surface area (Å²) in [6, 6.07) is 17.9. The fourth-order valence-electron chi connectivity index (χ4n) is 3.77. The molecule has 1 unspecified atom stereocenters. The van der Waals surface area contributed by atoms with Gasteiger partial charge in [-0.1, -0.05) is 35.9 Å². The van der Waals surface area contributed by atoms with Crippen molar-refractivity contribution < 1.29 is 19.3 Å². The van der Waals surface area contributed by atoms with Crippen molar-refractivity contribution in [2.75, 3.05) is 4.90 Å². The van der Waals surface area contributed by atoms with E-state index in [0.29, 0.717) is 16.3 Å². The number of imide groups is 1. The van der Waals surface area contributed by atoms with Crippen molar-refractivity contribution in [3.05, 3.63) is 103 Å². The van der Waals surface area contributed by atoms with Gasteiger partial charge < -0.3 is 4.90 Å². The normalized spacial score (nSPS) is 15.5. The Hall–Kier alpha value is -3.31. The monoisotopic (exact) mass is 589 g/mol. The van der Waals surface area contributed by atoms with Crippen molar-refractivity contribution in [1.82, 2.24) is 4.90 Å². The summed E-state index contributed by atoms with van der Waals surface area (Å²) in [6.45, 7) is -0.0502. The second kappa shape index (κ2) is 9.90. The number of halogens is 2. The molecule has 3 aromatic carbocycles. The van der Waals surface area contributed by atoms with E-state index < -0.39 is 28.7 Å². The zero-order valence-corrected chi connectivity index (χ0v) is 20.5. The molecule has 1 heterocycles. The topological polar surface area (TPSA) is 101 Å². The maximum absolute atomic E-state index is 13.5. The zero-order valence-electron chi connectivity index (χ0n) is 17.6. The first-order chi connectivity index (χ1) is 16.3. The number of nitro benzene ring substituents is 1. The fourth-order valence-corrected chi connectivity index (χ4v) is 4.33. The molecule has 3 amide bonds. The average Bonchev–Trinajstić information content (AvgIpc) is 3.12. The third-order valence-corrected chi connectivity index (χ3v) is 6.54. The third-order valence-electron chi connectivity index (χ3n) is 5.45. The standard InChI is InChI=1S/C24H17ClIN3O5/c25-20-7-2-1-4-16(20)14-27(23(31)15-5-3-6-19(12-15)29(33)34)21-13-22(30)28(24(21)32)18-10-8-17(26)9-11-18/h1-12,21H,13-14H2. The lowest BCUT2D eigenvalue weighted by atomic mass is 10.1. The summed E-state index contributed by atoms with van der Waals surface area (Å²) >= 11 is 8.43. The Balaban J connectivity index is 1.73. The summed E-state index contributed by atoms with van der Waals surface area (Å²) < 4.78 is 0.943. The SMILES string of the molecule is O=C1CC(N(Cc2ccccc2Cl)C(=O)c2cccc([N+](=O)[O-])c2)C(=O)N1c1ccc(I)cc1. The van der Waals surface area contributed by atoms with Crippen LogP contribution in [0.15, 0.2) is 72.8 Å². The molecule has 0 aliphatic carbocycles. The van der Waals surface area contributed by atoms with Crippen molar-refractivity contribution >= 4 is 63.3 Å². The van der Waals surface area contributed by atoms with Crippen molar-refractivity contribution in [3.8, 4) is 0 Å². The first-order valence-corrected chi connectivity index (χ1v) is 11.6. The van der Waals surface area contributed by atoms with E-state index in [9.17, 15) is 24.5 Å². The molecule has 4 rings (SSSR count). The van der Waals surface area contributed by atoms with Gasteiger partial charge in [0.1, 0.15) is 6.04 Å². The predicted octanol–water partition coefficient (Wildman–Crippen LogP) is 4.83.